The average Bonchev–Trinajstić information content (AvgIpc) is 2.84. The minimum absolute atomic E-state index is 0.00882. The number of rotatable bonds is 5. The highest BCUT2D eigenvalue weighted by atomic mass is 79.9. The molecule has 21 heavy (non-hydrogen) atoms. The van der Waals surface area contributed by atoms with Crippen LogP contribution < -0.4 is 10.2 Å². The lowest BCUT2D eigenvalue weighted by molar-refractivity contribution is -0.126. The van der Waals surface area contributed by atoms with Crippen molar-refractivity contribution in [2.75, 3.05) is 18.0 Å². The van der Waals surface area contributed by atoms with Gasteiger partial charge in [0.2, 0.25) is 11.8 Å². The monoisotopic (exact) mass is 352 g/mol. The molecule has 0 aromatic heterocycles. The molecule has 2 amide bonds. The van der Waals surface area contributed by atoms with Crippen LogP contribution in [0.15, 0.2) is 22.7 Å². The van der Waals surface area contributed by atoms with Gasteiger partial charge >= 0.3 is 0 Å². The van der Waals surface area contributed by atoms with Gasteiger partial charge in [0.25, 0.3) is 0 Å². The highest BCUT2D eigenvalue weighted by Crippen LogP contribution is 2.29. The van der Waals surface area contributed by atoms with Crippen LogP contribution >= 0.6 is 15.9 Å². The first kappa shape index (κ1) is 16.0. The van der Waals surface area contributed by atoms with E-state index >= 15 is 0 Å². The van der Waals surface area contributed by atoms with Crippen molar-refractivity contribution in [3.8, 4) is 0 Å². The molecule has 114 valence electrons. The molecule has 0 aliphatic carbocycles. The summed E-state index contributed by atoms with van der Waals surface area (Å²) in [7, 11) is 0. The summed E-state index contributed by atoms with van der Waals surface area (Å²) in [5, 5.41) is 2.91. The maximum atomic E-state index is 12.1. The summed E-state index contributed by atoms with van der Waals surface area (Å²) in [6.07, 6.45) is 2.32. The molecule has 0 spiro atoms. The number of hydrogen-bond donors (Lipinski definition) is 1. The highest BCUT2D eigenvalue weighted by molar-refractivity contribution is 9.10. The first-order valence-corrected chi connectivity index (χ1v) is 8.16. The largest absolute Gasteiger partial charge is 0.356 e. The van der Waals surface area contributed by atoms with Crippen molar-refractivity contribution >= 4 is 33.4 Å². The van der Waals surface area contributed by atoms with Gasteiger partial charge < -0.3 is 10.2 Å². The molecule has 0 bridgehead atoms. The second-order valence-corrected chi connectivity index (χ2v) is 6.34. The summed E-state index contributed by atoms with van der Waals surface area (Å²) in [5.74, 6) is -0.235. The van der Waals surface area contributed by atoms with Crippen molar-refractivity contribution in [2.45, 2.75) is 33.1 Å². The van der Waals surface area contributed by atoms with Crippen LogP contribution in [0.5, 0.6) is 0 Å². The first-order valence-electron chi connectivity index (χ1n) is 7.37. The van der Waals surface area contributed by atoms with E-state index in [4.69, 9.17) is 0 Å². The quantitative estimate of drug-likeness (QED) is 0.828. The summed E-state index contributed by atoms with van der Waals surface area (Å²) in [6, 6.07) is 5.83. The Morgan fingerprint density at radius 3 is 2.90 bits per heavy atom. The lowest BCUT2D eigenvalue weighted by atomic mass is 10.1. The molecule has 1 fully saturated rings. The van der Waals surface area contributed by atoms with Gasteiger partial charge in [0.1, 0.15) is 0 Å². The average molecular weight is 353 g/mol. The van der Waals surface area contributed by atoms with Crippen LogP contribution in [-0.2, 0) is 9.59 Å². The van der Waals surface area contributed by atoms with Crippen LogP contribution in [0.1, 0.15) is 31.7 Å². The van der Waals surface area contributed by atoms with E-state index < -0.39 is 0 Å². The maximum absolute atomic E-state index is 12.1. The van der Waals surface area contributed by atoms with E-state index in [0.29, 0.717) is 19.5 Å². The molecule has 0 radical (unpaired) electrons. The third kappa shape index (κ3) is 3.84. The minimum Gasteiger partial charge on any atom is -0.356 e. The van der Waals surface area contributed by atoms with Crippen LogP contribution in [0.3, 0.4) is 0 Å². The molecular weight excluding hydrogens is 332 g/mol. The van der Waals surface area contributed by atoms with E-state index in [-0.39, 0.29) is 17.7 Å². The minimum atomic E-state index is -0.241. The van der Waals surface area contributed by atoms with Crippen molar-refractivity contribution in [1.29, 1.82) is 0 Å². The molecule has 2 rings (SSSR count). The van der Waals surface area contributed by atoms with Crippen molar-refractivity contribution in [2.24, 2.45) is 5.92 Å². The predicted molar refractivity (Wildman–Crippen MR) is 87.3 cm³/mol. The number of halogens is 1. The Bertz CT molecular complexity index is 545. The maximum Gasteiger partial charge on any atom is 0.227 e. The lowest BCUT2D eigenvalue weighted by Gasteiger charge is -2.17. The van der Waals surface area contributed by atoms with Crippen molar-refractivity contribution in [3.63, 3.8) is 0 Å². The van der Waals surface area contributed by atoms with Crippen LogP contribution in [0, 0.1) is 12.8 Å². The van der Waals surface area contributed by atoms with E-state index in [0.717, 1.165) is 28.6 Å². The topological polar surface area (TPSA) is 49.4 Å². The summed E-state index contributed by atoms with van der Waals surface area (Å²) < 4.78 is 0.976. The Morgan fingerprint density at radius 2 is 2.24 bits per heavy atom. The van der Waals surface area contributed by atoms with E-state index in [1.165, 1.54) is 0 Å². The van der Waals surface area contributed by atoms with Crippen LogP contribution in [0.2, 0.25) is 0 Å². The zero-order valence-corrected chi connectivity index (χ0v) is 14.1. The van der Waals surface area contributed by atoms with Crippen molar-refractivity contribution in [1.82, 2.24) is 5.32 Å². The second kappa shape index (κ2) is 7.07. The molecule has 1 atom stereocenters. The van der Waals surface area contributed by atoms with Gasteiger partial charge in [0, 0.05) is 29.7 Å². The number of anilines is 1. The molecule has 1 N–H and O–H groups in total. The Kier molecular flexibility index (Phi) is 5.39. The van der Waals surface area contributed by atoms with Crippen LogP contribution in [-0.4, -0.2) is 24.9 Å². The van der Waals surface area contributed by atoms with Gasteiger partial charge in [-0.25, -0.2) is 0 Å². The fourth-order valence-corrected chi connectivity index (χ4v) is 2.78. The van der Waals surface area contributed by atoms with Gasteiger partial charge in [-0.05, 0) is 31.0 Å². The van der Waals surface area contributed by atoms with Gasteiger partial charge in [-0.1, -0.05) is 35.3 Å². The number of benzene rings is 1. The molecule has 1 aliphatic heterocycles. The van der Waals surface area contributed by atoms with Gasteiger partial charge in [0.15, 0.2) is 0 Å². The molecule has 4 nitrogen and oxygen atoms in total. The Balaban J connectivity index is 2.02. The zero-order valence-electron chi connectivity index (χ0n) is 12.5. The van der Waals surface area contributed by atoms with Gasteiger partial charge in [-0.2, -0.15) is 0 Å². The molecule has 5 heteroatoms. The Hall–Kier alpha value is -1.36. The van der Waals surface area contributed by atoms with Crippen molar-refractivity contribution in [3.05, 3.63) is 28.2 Å². The number of aryl methyl sites for hydroxylation is 1. The molecule has 1 aromatic carbocycles. The second-order valence-electron chi connectivity index (χ2n) is 5.48. The van der Waals surface area contributed by atoms with Gasteiger partial charge in [-0.15, -0.1) is 0 Å². The fraction of sp³-hybridized carbons (Fsp3) is 0.500. The summed E-state index contributed by atoms with van der Waals surface area (Å²) in [5.41, 5.74) is 1.97. The SMILES string of the molecule is CCCCNC(=O)C1CC(=O)N(c2ccc(C)c(Br)c2)C1. The Morgan fingerprint density at radius 1 is 1.48 bits per heavy atom. The van der Waals surface area contributed by atoms with Crippen molar-refractivity contribution < 1.29 is 9.59 Å². The molecule has 1 aromatic rings. The molecular formula is C16H21BrN2O2. The molecule has 1 saturated heterocycles. The Labute approximate surface area is 134 Å². The molecule has 0 saturated carbocycles. The number of unbranched alkanes of at least 4 members (excludes halogenated alkanes) is 1. The zero-order chi connectivity index (χ0) is 15.4. The summed E-state index contributed by atoms with van der Waals surface area (Å²) >= 11 is 3.48. The van der Waals surface area contributed by atoms with Gasteiger partial charge in [0.05, 0.1) is 5.92 Å². The standard InChI is InChI=1S/C16H21BrN2O2/c1-3-4-7-18-16(21)12-8-15(20)19(10-12)13-6-5-11(2)14(17)9-13/h5-6,9,12H,3-4,7-8,10H2,1-2H3,(H,18,21). The number of nitrogens with zero attached hydrogens (tertiary/aromatic N) is 1. The van der Waals surface area contributed by atoms with E-state index in [1.54, 1.807) is 4.90 Å². The summed E-state index contributed by atoms with van der Waals surface area (Å²) in [6.45, 7) is 5.24. The van der Waals surface area contributed by atoms with E-state index in [1.807, 2.05) is 25.1 Å². The highest BCUT2D eigenvalue weighted by Gasteiger charge is 2.34. The molecule has 1 aliphatic rings. The third-order valence-electron chi connectivity index (χ3n) is 3.79. The third-order valence-corrected chi connectivity index (χ3v) is 4.65. The number of hydrogen-bond acceptors (Lipinski definition) is 2. The first-order chi connectivity index (χ1) is 10.0. The van der Waals surface area contributed by atoms with E-state index in [9.17, 15) is 9.59 Å². The number of carbonyl (C=O) groups is 2. The normalized spacial score (nSPS) is 18.1. The summed E-state index contributed by atoms with van der Waals surface area (Å²) in [4.78, 5) is 25.9. The lowest BCUT2D eigenvalue weighted by Crippen LogP contribution is -2.33. The molecule has 1 unspecified atom stereocenters. The molecule has 1 heterocycles. The fourth-order valence-electron chi connectivity index (χ4n) is 2.42. The number of carbonyl (C=O) groups excluding carboxylic acids is 2. The van der Waals surface area contributed by atoms with Crippen LogP contribution in [0.4, 0.5) is 5.69 Å². The predicted octanol–water partition coefficient (Wildman–Crippen LogP) is 3.03. The number of nitrogens with one attached hydrogen (secondary N) is 1. The van der Waals surface area contributed by atoms with Crippen LogP contribution in [0.25, 0.3) is 0 Å². The van der Waals surface area contributed by atoms with E-state index in [2.05, 4.69) is 28.2 Å². The smallest absolute Gasteiger partial charge is 0.227 e. The number of amides is 2. The van der Waals surface area contributed by atoms with Gasteiger partial charge in [-0.3, -0.25) is 9.59 Å².